The maximum absolute atomic E-state index is 4.12. The van der Waals surface area contributed by atoms with Gasteiger partial charge in [-0.1, -0.05) is 13.0 Å². The van der Waals surface area contributed by atoms with Crippen LogP contribution < -0.4 is 5.32 Å². The second-order valence-electron chi connectivity index (χ2n) is 4.16. The van der Waals surface area contributed by atoms with Gasteiger partial charge in [0.15, 0.2) is 5.82 Å². The predicted octanol–water partition coefficient (Wildman–Crippen LogP) is 2.25. The van der Waals surface area contributed by atoms with Gasteiger partial charge in [0.2, 0.25) is 0 Å². The Morgan fingerprint density at radius 2 is 2.22 bits per heavy atom. The largest absolute Gasteiger partial charge is 0.308 e. The first-order valence-electron chi connectivity index (χ1n) is 5.91. The Hall–Kier alpha value is -1.02. The fourth-order valence-corrected chi connectivity index (χ4v) is 2.32. The zero-order valence-electron chi connectivity index (χ0n) is 10.7. The summed E-state index contributed by atoms with van der Waals surface area (Å²) in [6, 6.07) is 6.38. The summed E-state index contributed by atoms with van der Waals surface area (Å²) in [4.78, 5) is 0. The SMILES string of the molecule is CCNC(C)c1nnnn1-c1cc(I)ccc1C. The molecule has 1 aromatic heterocycles. The van der Waals surface area contributed by atoms with E-state index in [1.54, 1.807) is 0 Å². The van der Waals surface area contributed by atoms with E-state index in [9.17, 15) is 0 Å². The van der Waals surface area contributed by atoms with Crippen molar-refractivity contribution in [2.45, 2.75) is 26.8 Å². The number of nitrogens with zero attached hydrogens (tertiary/aromatic N) is 4. The van der Waals surface area contributed by atoms with E-state index in [1.807, 2.05) is 4.68 Å². The highest BCUT2D eigenvalue weighted by molar-refractivity contribution is 14.1. The first kappa shape index (κ1) is 13.4. The highest BCUT2D eigenvalue weighted by Crippen LogP contribution is 2.19. The van der Waals surface area contributed by atoms with E-state index in [0.29, 0.717) is 0 Å². The fourth-order valence-electron chi connectivity index (χ4n) is 1.84. The van der Waals surface area contributed by atoms with E-state index in [0.717, 1.165) is 23.6 Å². The van der Waals surface area contributed by atoms with Gasteiger partial charge >= 0.3 is 0 Å². The maximum Gasteiger partial charge on any atom is 0.173 e. The zero-order valence-corrected chi connectivity index (χ0v) is 12.8. The summed E-state index contributed by atoms with van der Waals surface area (Å²) >= 11 is 2.30. The van der Waals surface area contributed by atoms with E-state index >= 15 is 0 Å². The third-order valence-corrected chi connectivity index (χ3v) is 3.46. The fraction of sp³-hybridized carbons (Fsp3) is 0.417. The van der Waals surface area contributed by atoms with Gasteiger partial charge in [0, 0.05) is 3.57 Å². The van der Waals surface area contributed by atoms with Crippen LogP contribution in [0.5, 0.6) is 0 Å². The van der Waals surface area contributed by atoms with Gasteiger partial charge in [-0.2, -0.15) is 4.68 Å². The number of aromatic nitrogens is 4. The van der Waals surface area contributed by atoms with Crippen molar-refractivity contribution >= 4 is 22.6 Å². The Labute approximate surface area is 120 Å². The smallest absolute Gasteiger partial charge is 0.173 e. The molecule has 0 aliphatic rings. The number of hydrogen-bond acceptors (Lipinski definition) is 4. The molecule has 0 spiro atoms. The lowest BCUT2D eigenvalue weighted by Crippen LogP contribution is -2.21. The monoisotopic (exact) mass is 357 g/mol. The molecule has 1 aromatic carbocycles. The Balaban J connectivity index is 2.45. The molecule has 1 atom stereocenters. The topological polar surface area (TPSA) is 55.6 Å². The van der Waals surface area contributed by atoms with E-state index in [1.165, 1.54) is 3.57 Å². The number of rotatable bonds is 4. The summed E-state index contributed by atoms with van der Waals surface area (Å²) in [5.41, 5.74) is 2.19. The van der Waals surface area contributed by atoms with Crippen LogP contribution in [-0.4, -0.2) is 26.8 Å². The number of hydrogen-bond donors (Lipinski definition) is 1. The van der Waals surface area contributed by atoms with Gasteiger partial charge in [-0.15, -0.1) is 5.10 Å². The summed E-state index contributed by atoms with van der Waals surface area (Å²) in [7, 11) is 0. The highest BCUT2D eigenvalue weighted by atomic mass is 127. The standard InChI is InChI=1S/C12H16IN5/c1-4-14-9(3)12-15-16-17-18(12)11-7-10(13)6-5-8(11)2/h5-7,9,14H,4H2,1-3H3. The van der Waals surface area contributed by atoms with Crippen molar-refractivity contribution in [1.29, 1.82) is 0 Å². The lowest BCUT2D eigenvalue weighted by atomic mass is 10.2. The summed E-state index contributed by atoms with van der Waals surface area (Å²) in [5, 5.41) is 15.3. The van der Waals surface area contributed by atoms with Crippen LogP contribution in [0.3, 0.4) is 0 Å². The third-order valence-electron chi connectivity index (χ3n) is 2.79. The van der Waals surface area contributed by atoms with Crippen LogP contribution in [0, 0.1) is 10.5 Å². The van der Waals surface area contributed by atoms with Gasteiger partial charge in [0.25, 0.3) is 0 Å². The van der Waals surface area contributed by atoms with Crippen LogP contribution in [-0.2, 0) is 0 Å². The number of aryl methyl sites for hydroxylation is 1. The molecule has 0 aliphatic carbocycles. The molecule has 0 radical (unpaired) electrons. The van der Waals surface area contributed by atoms with Gasteiger partial charge in [0.05, 0.1) is 11.7 Å². The van der Waals surface area contributed by atoms with Crippen molar-refractivity contribution < 1.29 is 0 Å². The predicted molar refractivity (Wildman–Crippen MR) is 78.7 cm³/mol. The van der Waals surface area contributed by atoms with Crippen molar-refractivity contribution in [2.75, 3.05) is 6.54 Å². The van der Waals surface area contributed by atoms with E-state index in [-0.39, 0.29) is 6.04 Å². The Morgan fingerprint density at radius 1 is 1.44 bits per heavy atom. The molecule has 1 heterocycles. The molecule has 0 saturated carbocycles. The Morgan fingerprint density at radius 3 is 2.94 bits per heavy atom. The van der Waals surface area contributed by atoms with Crippen LogP contribution in [0.15, 0.2) is 18.2 Å². The van der Waals surface area contributed by atoms with Crippen molar-refractivity contribution in [3.63, 3.8) is 0 Å². The number of tetrazole rings is 1. The van der Waals surface area contributed by atoms with Gasteiger partial charge in [-0.25, -0.2) is 0 Å². The summed E-state index contributed by atoms with van der Waals surface area (Å²) in [5.74, 6) is 0.835. The molecule has 1 N–H and O–H groups in total. The molecule has 6 heteroatoms. The van der Waals surface area contributed by atoms with Crippen molar-refractivity contribution in [3.05, 3.63) is 33.2 Å². The number of benzene rings is 1. The van der Waals surface area contributed by atoms with Gasteiger partial charge in [-0.05, 0) is 71.1 Å². The summed E-state index contributed by atoms with van der Waals surface area (Å²) in [6.45, 7) is 7.09. The van der Waals surface area contributed by atoms with Crippen molar-refractivity contribution in [3.8, 4) is 5.69 Å². The first-order valence-corrected chi connectivity index (χ1v) is 6.99. The molecule has 0 aliphatic heterocycles. The van der Waals surface area contributed by atoms with Crippen LogP contribution in [0.25, 0.3) is 5.69 Å². The molecule has 18 heavy (non-hydrogen) atoms. The van der Waals surface area contributed by atoms with E-state index in [2.05, 4.69) is 82.4 Å². The quantitative estimate of drug-likeness (QED) is 0.853. The average molecular weight is 357 g/mol. The molecule has 0 amide bonds. The molecule has 2 aromatic rings. The molecule has 0 saturated heterocycles. The molecule has 0 fully saturated rings. The summed E-state index contributed by atoms with van der Waals surface area (Å²) < 4.78 is 2.98. The molecule has 0 bridgehead atoms. The molecular formula is C12H16IN5. The van der Waals surface area contributed by atoms with E-state index < -0.39 is 0 Å². The van der Waals surface area contributed by atoms with Crippen LogP contribution >= 0.6 is 22.6 Å². The van der Waals surface area contributed by atoms with Crippen molar-refractivity contribution in [1.82, 2.24) is 25.5 Å². The van der Waals surface area contributed by atoms with Gasteiger partial charge in [0.1, 0.15) is 0 Å². The molecular weight excluding hydrogens is 341 g/mol. The lowest BCUT2D eigenvalue weighted by molar-refractivity contribution is 0.550. The van der Waals surface area contributed by atoms with E-state index in [4.69, 9.17) is 0 Å². The second-order valence-corrected chi connectivity index (χ2v) is 5.40. The third kappa shape index (κ3) is 2.69. The van der Waals surface area contributed by atoms with Crippen LogP contribution in [0.4, 0.5) is 0 Å². The molecule has 2 rings (SSSR count). The zero-order chi connectivity index (χ0) is 13.1. The molecule has 96 valence electrons. The highest BCUT2D eigenvalue weighted by Gasteiger charge is 2.16. The van der Waals surface area contributed by atoms with Crippen LogP contribution in [0.2, 0.25) is 0 Å². The first-order chi connectivity index (χ1) is 8.63. The van der Waals surface area contributed by atoms with Gasteiger partial charge < -0.3 is 5.32 Å². The van der Waals surface area contributed by atoms with Crippen molar-refractivity contribution in [2.24, 2.45) is 0 Å². The lowest BCUT2D eigenvalue weighted by Gasteiger charge is -2.13. The number of nitrogens with one attached hydrogen (secondary N) is 1. The Bertz CT molecular complexity index is 537. The normalized spacial score (nSPS) is 12.7. The maximum atomic E-state index is 4.12. The Kier molecular flexibility index (Phi) is 4.28. The minimum Gasteiger partial charge on any atom is -0.308 e. The second kappa shape index (κ2) is 5.75. The number of halogens is 1. The summed E-state index contributed by atoms with van der Waals surface area (Å²) in [6.07, 6.45) is 0. The minimum absolute atomic E-state index is 0.127. The van der Waals surface area contributed by atoms with Crippen LogP contribution in [0.1, 0.15) is 31.3 Å². The van der Waals surface area contributed by atoms with Gasteiger partial charge in [-0.3, -0.25) is 0 Å². The molecule has 5 nitrogen and oxygen atoms in total. The minimum atomic E-state index is 0.127. The molecule has 1 unspecified atom stereocenters. The average Bonchev–Trinajstić information content (AvgIpc) is 2.81.